The Morgan fingerprint density at radius 2 is 2.15 bits per heavy atom. The first-order valence-electron chi connectivity index (χ1n) is 4.37. The highest BCUT2D eigenvalue weighted by Crippen LogP contribution is 2.19. The normalized spacial score (nSPS) is 10.5. The number of rotatable bonds is 3. The van der Waals surface area contributed by atoms with Gasteiger partial charge in [-0.25, -0.2) is 0 Å². The van der Waals surface area contributed by atoms with Gasteiger partial charge in [-0.2, -0.15) is 0 Å². The maximum absolute atomic E-state index is 10.8. The van der Waals surface area contributed by atoms with Crippen molar-refractivity contribution in [3.05, 3.63) is 32.9 Å². The molecule has 70 valence electrons. The highest BCUT2D eigenvalue weighted by Gasteiger charge is 2.07. The zero-order chi connectivity index (χ0) is 9.84. The number of carbonyl (C=O) groups excluding carboxylic acids is 1. The van der Waals surface area contributed by atoms with Gasteiger partial charge in [-0.05, 0) is 46.6 Å². The van der Waals surface area contributed by atoms with E-state index in [1.165, 1.54) is 9.13 Å². The molecule has 13 heavy (non-hydrogen) atoms. The number of carbonyl (C=O) groups is 1. The largest absolute Gasteiger partial charge is 0.298 e. The van der Waals surface area contributed by atoms with Gasteiger partial charge >= 0.3 is 0 Å². The predicted octanol–water partition coefficient (Wildman–Crippen LogP) is 3.30. The molecule has 0 aliphatic rings. The van der Waals surface area contributed by atoms with E-state index < -0.39 is 0 Å². The molecule has 0 bridgehead atoms. The van der Waals surface area contributed by atoms with Crippen molar-refractivity contribution in [3.63, 3.8) is 0 Å². The molecule has 0 fully saturated rings. The van der Waals surface area contributed by atoms with Crippen molar-refractivity contribution < 1.29 is 4.79 Å². The van der Waals surface area contributed by atoms with Crippen molar-refractivity contribution in [2.24, 2.45) is 5.92 Å². The van der Waals surface area contributed by atoms with Crippen LogP contribution in [0.4, 0.5) is 0 Å². The number of halogens is 1. The van der Waals surface area contributed by atoms with E-state index in [2.05, 4.69) is 36.4 Å². The smallest absolute Gasteiger partial charge is 0.150 e. The lowest BCUT2D eigenvalue weighted by Gasteiger charge is -2.09. The van der Waals surface area contributed by atoms with Crippen LogP contribution in [-0.2, 0) is 6.42 Å². The first-order chi connectivity index (χ1) is 6.15. The summed E-state index contributed by atoms with van der Waals surface area (Å²) in [6, 6.07) is 5.85. The van der Waals surface area contributed by atoms with Crippen LogP contribution < -0.4 is 0 Å². The van der Waals surface area contributed by atoms with E-state index in [9.17, 15) is 4.79 Å². The third-order valence-corrected chi connectivity index (χ3v) is 2.91. The fourth-order valence-electron chi connectivity index (χ4n) is 1.31. The van der Waals surface area contributed by atoms with Crippen molar-refractivity contribution in [2.75, 3.05) is 0 Å². The lowest BCUT2D eigenvalue weighted by atomic mass is 9.99. The number of hydrogen-bond donors (Lipinski definition) is 0. The molecule has 1 rings (SSSR count). The Balaban J connectivity index is 3.07. The Kier molecular flexibility index (Phi) is 3.90. The second-order valence-electron chi connectivity index (χ2n) is 3.52. The van der Waals surface area contributed by atoms with Gasteiger partial charge < -0.3 is 0 Å². The summed E-state index contributed by atoms with van der Waals surface area (Å²) in [4.78, 5) is 10.8. The molecule has 0 saturated heterocycles. The maximum atomic E-state index is 10.8. The Labute approximate surface area is 92.7 Å². The standard InChI is InChI=1S/C11H13IO/c1-8(2)6-10-9(7-13)4-3-5-11(10)12/h3-5,7-8H,6H2,1-2H3. The van der Waals surface area contributed by atoms with Gasteiger partial charge in [-0.3, -0.25) is 4.79 Å². The van der Waals surface area contributed by atoms with Gasteiger partial charge in [-0.15, -0.1) is 0 Å². The van der Waals surface area contributed by atoms with E-state index in [0.717, 1.165) is 18.3 Å². The lowest BCUT2D eigenvalue weighted by Crippen LogP contribution is -2.01. The predicted molar refractivity (Wildman–Crippen MR) is 63.1 cm³/mol. The summed E-state index contributed by atoms with van der Waals surface area (Å²) < 4.78 is 1.19. The number of aldehydes is 1. The molecule has 0 aromatic heterocycles. The zero-order valence-electron chi connectivity index (χ0n) is 7.88. The van der Waals surface area contributed by atoms with E-state index in [1.807, 2.05) is 18.2 Å². The number of hydrogen-bond acceptors (Lipinski definition) is 1. The molecule has 0 spiro atoms. The Bertz CT molecular complexity index is 305. The third-order valence-electron chi connectivity index (χ3n) is 1.89. The van der Waals surface area contributed by atoms with Crippen molar-refractivity contribution >= 4 is 28.9 Å². The fourth-order valence-corrected chi connectivity index (χ4v) is 2.05. The molecule has 0 amide bonds. The van der Waals surface area contributed by atoms with Crippen LogP contribution in [-0.4, -0.2) is 6.29 Å². The SMILES string of the molecule is CC(C)Cc1c(I)cccc1C=O. The van der Waals surface area contributed by atoms with Crippen molar-refractivity contribution in [2.45, 2.75) is 20.3 Å². The van der Waals surface area contributed by atoms with Crippen LogP contribution in [0.25, 0.3) is 0 Å². The summed E-state index contributed by atoms with van der Waals surface area (Å²) in [5, 5.41) is 0. The minimum atomic E-state index is 0.592. The van der Waals surface area contributed by atoms with Crippen LogP contribution in [0.5, 0.6) is 0 Å². The molecule has 1 aromatic rings. The van der Waals surface area contributed by atoms with E-state index in [4.69, 9.17) is 0 Å². The van der Waals surface area contributed by atoms with Gasteiger partial charge in [0.15, 0.2) is 0 Å². The third kappa shape index (κ3) is 2.79. The second kappa shape index (κ2) is 4.74. The molecule has 1 nitrogen and oxygen atoms in total. The fraction of sp³-hybridized carbons (Fsp3) is 0.364. The lowest BCUT2D eigenvalue weighted by molar-refractivity contribution is 0.112. The van der Waals surface area contributed by atoms with Crippen LogP contribution in [0, 0.1) is 9.49 Å². The molecule has 0 aliphatic carbocycles. The van der Waals surface area contributed by atoms with E-state index in [1.54, 1.807) is 0 Å². The molecule has 0 N–H and O–H groups in total. The summed E-state index contributed by atoms with van der Waals surface area (Å²) in [6.07, 6.45) is 1.92. The van der Waals surface area contributed by atoms with E-state index >= 15 is 0 Å². The highest BCUT2D eigenvalue weighted by atomic mass is 127. The molecule has 0 heterocycles. The molecule has 0 radical (unpaired) electrons. The minimum Gasteiger partial charge on any atom is -0.298 e. The van der Waals surface area contributed by atoms with Crippen molar-refractivity contribution in [1.29, 1.82) is 0 Å². The molecule has 2 heteroatoms. The summed E-state index contributed by atoms with van der Waals surface area (Å²) in [5.41, 5.74) is 2.02. The molecule has 0 atom stereocenters. The molecule has 0 saturated carbocycles. The summed E-state index contributed by atoms with van der Waals surface area (Å²) in [6.45, 7) is 4.33. The van der Waals surface area contributed by atoms with Gasteiger partial charge in [0.1, 0.15) is 6.29 Å². The monoisotopic (exact) mass is 288 g/mol. The summed E-state index contributed by atoms with van der Waals surface area (Å²) >= 11 is 2.28. The van der Waals surface area contributed by atoms with Crippen LogP contribution >= 0.6 is 22.6 Å². The van der Waals surface area contributed by atoms with Gasteiger partial charge in [0.2, 0.25) is 0 Å². The zero-order valence-corrected chi connectivity index (χ0v) is 10.0. The molecular formula is C11H13IO. The topological polar surface area (TPSA) is 17.1 Å². The second-order valence-corrected chi connectivity index (χ2v) is 4.69. The summed E-state index contributed by atoms with van der Waals surface area (Å²) in [7, 11) is 0. The molecule has 0 aliphatic heterocycles. The first kappa shape index (κ1) is 10.7. The maximum Gasteiger partial charge on any atom is 0.150 e. The van der Waals surface area contributed by atoms with E-state index in [0.29, 0.717) is 5.92 Å². The van der Waals surface area contributed by atoms with Crippen molar-refractivity contribution in [1.82, 2.24) is 0 Å². The highest BCUT2D eigenvalue weighted by molar-refractivity contribution is 14.1. The van der Waals surface area contributed by atoms with Gasteiger partial charge in [-0.1, -0.05) is 26.0 Å². The quantitative estimate of drug-likeness (QED) is 0.616. The van der Waals surface area contributed by atoms with Gasteiger partial charge in [0.25, 0.3) is 0 Å². The molecule has 0 unspecified atom stereocenters. The minimum absolute atomic E-state index is 0.592. The number of benzene rings is 1. The Hall–Kier alpha value is -0.380. The van der Waals surface area contributed by atoms with Gasteiger partial charge in [0, 0.05) is 9.13 Å². The van der Waals surface area contributed by atoms with Crippen LogP contribution in [0.2, 0.25) is 0 Å². The van der Waals surface area contributed by atoms with Gasteiger partial charge in [0.05, 0.1) is 0 Å². The average Bonchev–Trinajstić information content (AvgIpc) is 2.08. The van der Waals surface area contributed by atoms with Crippen LogP contribution in [0.3, 0.4) is 0 Å². The Morgan fingerprint density at radius 3 is 2.69 bits per heavy atom. The average molecular weight is 288 g/mol. The van der Waals surface area contributed by atoms with Crippen molar-refractivity contribution in [3.8, 4) is 0 Å². The molecular weight excluding hydrogens is 275 g/mol. The van der Waals surface area contributed by atoms with E-state index in [-0.39, 0.29) is 0 Å². The Morgan fingerprint density at radius 1 is 1.46 bits per heavy atom. The van der Waals surface area contributed by atoms with Crippen LogP contribution in [0.1, 0.15) is 29.8 Å². The summed E-state index contributed by atoms with van der Waals surface area (Å²) in [5.74, 6) is 0.592. The first-order valence-corrected chi connectivity index (χ1v) is 5.45. The van der Waals surface area contributed by atoms with Crippen LogP contribution in [0.15, 0.2) is 18.2 Å². The molecule has 1 aromatic carbocycles.